The maximum Gasteiger partial charge on any atom is 0.236 e. The zero-order valence-electron chi connectivity index (χ0n) is 24.5. The van der Waals surface area contributed by atoms with Gasteiger partial charge in [-0.3, -0.25) is 4.57 Å². The summed E-state index contributed by atoms with van der Waals surface area (Å²) in [6.45, 7) is 0. The first-order valence-corrected chi connectivity index (χ1v) is 15.6. The van der Waals surface area contributed by atoms with Gasteiger partial charge in [0.05, 0.1) is 11.0 Å². The molecule has 0 radical (unpaired) electrons. The van der Waals surface area contributed by atoms with E-state index in [1.807, 2.05) is 36.4 Å². The molecular formula is C42H23N3O. The third-order valence-electron chi connectivity index (χ3n) is 9.71. The first-order valence-electron chi connectivity index (χ1n) is 15.6. The van der Waals surface area contributed by atoms with Gasteiger partial charge in [-0.05, 0) is 68.7 Å². The van der Waals surface area contributed by atoms with Gasteiger partial charge in [-0.25, -0.2) is 9.97 Å². The largest absolute Gasteiger partial charge is 0.452 e. The molecule has 0 spiro atoms. The molecule has 3 heterocycles. The lowest BCUT2D eigenvalue weighted by Gasteiger charge is -2.12. The lowest BCUT2D eigenvalue weighted by molar-refractivity contribution is 0.666. The minimum Gasteiger partial charge on any atom is -0.452 e. The van der Waals surface area contributed by atoms with Crippen LogP contribution in [0.4, 0.5) is 0 Å². The molecule has 46 heavy (non-hydrogen) atoms. The monoisotopic (exact) mass is 585 g/mol. The minimum absolute atomic E-state index is 0.629. The number of aromatic nitrogens is 3. The maximum atomic E-state index is 6.45. The number of hydrogen-bond acceptors (Lipinski definition) is 3. The van der Waals surface area contributed by atoms with Gasteiger partial charge < -0.3 is 4.42 Å². The Labute approximate surface area is 262 Å². The van der Waals surface area contributed by atoms with Crippen molar-refractivity contribution in [1.82, 2.24) is 14.5 Å². The van der Waals surface area contributed by atoms with Crippen LogP contribution in [0.5, 0.6) is 0 Å². The van der Waals surface area contributed by atoms with Crippen molar-refractivity contribution in [3.8, 4) is 39.5 Å². The molecule has 10 aromatic rings. The summed E-state index contributed by atoms with van der Waals surface area (Å²) in [7, 11) is 0. The van der Waals surface area contributed by atoms with Gasteiger partial charge in [-0.1, -0.05) is 109 Å². The summed E-state index contributed by atoms with van der Waals surface area (Å²) >= 11 is 0. The van der Waals surface area contributed by atoms with Gasteiger partial charge in [-0.2, -0.15) is 0 Å². The van der Waals surface area contributed by atoms with Crippen molar-refractivity contribution >= 4 is 65.4 Å². The van der Waals surface area contributed by atoms with Gasteiger partial charge in [0.15, 0.2) is 5.58 Å². The molecule has 1 aliphatic rings. The number of nitrogens with zero attached hydrogens (tertiary/aromatic N) is 3. The van der Waals surface area contributed by atoms with E-state index in [4.69, 9.17) is 14.4 Å². The molecule has 0 N–H and O–H groups in total. The van der Waals surface area contributed by atoms with Crippen LogP contribution in [0.3, 0.4) is 0 Å². The van der Waals surface area contributed by atoms with Gasteiger partial charge in [0.1, 0.15) is 16.8 Å². The van der Waals surface area contributed by atoms with E-state index in [0.717, 1.165) is 38.8 Å². The lowest BCUT2D eigenvalue weighted by atomic mass is 9.98. The molecule has 1 aliphatic carbocycles. The van der Waals surface area contributed by atoms with Gasteiger partial charge in [0, 0.05) is 27.1 Å². The molecule has 0 amide bonds. The summed E-state index contributed by atoms with van der Waals surface area (Å²) in [5.74, 6) is 0.629. The molecule has 3 aromatic heterocycles. The molecule has 11 rings (SSSR count). The third-order valence-corrected chi connectivity index (χ3v) is 9.71. The number of hydrogen-bond donors (Lipinski definition) is 0. The Bertz CT molecular complexity index is 2910. The molecule has 7 aromatic carbocycles. The van der Waals surface area contributed by atoms with Crippen LogP contribution < -0.4 is 0 Å². The summed E-state index contributed by atoms with van der Waals surface area (Å²) in [6, 6.07) is 49.5. The fourth-order valence-corrected chi connectivity index (χ4v) is 7.73. The highest BCUT2D eigenvalue weighted by Crippen LogP contribution is 2.51. The van der Waals surface area contributed by atoms with Crippen molar-refractivity contribution in [3.05, 3.63) is 140 Å². The SMILES string of the molecule is c1ccc(-c2nc(-n3c4cc5ccccc5cc4c4cc5c6c(cccc6c43)-c3ccccc3-5)nc3c2oc2ccccc23)cc1. The van der Waals surface area contributed by atoms with E-state index in [1.165, 1.54) is 54.6 Å². The molecule has 0 atom stereocenters. The Morgan fingerprint density at radius 2 is 1.20 bits per heavy atom. The van der Waals surface area contributed by atoms with Crippen molar-refractivity contribution in [2.45, 2.75) is 0 Å². The standard InChI is InChI=1S/C42H23N3O/c1-2-11-24(12-3-1)38-41-39(30-17-8-9-20-36(30)46-41)44-42(43-38)45-35-22-26-14-5-4-13-25(26)21-32(35)34-23-33-28-16-7-6-15-27(28)29-18-10-19-31(37(29)33)40(34)45/h1-23H. The summed E-state index contributed by atoms with van der Waals surface area (Å²) in [5.41, 5.74) is 11.4. The van der Waals surface area contributed by atoms with Crippen LogP contribution in [0, 0.1) is 0 Å². The van der Waals surface area contributed by atoms with Crippen LogP contribution in [-0.4, -0.2) is 14.5 Å². The first-order chi connectivity index (χ1) is 22.8. The summed E-state index contributed by atoms with van der Waals surface area (Å²) in [6.07, 6.45) is 0. The van der Waals surface area contributed by atoms with E-state index in [0.29, 0.717) is 11.5 Å². The van der Waals surface area contributed by atoms with Crippen molar-refractivity contribution < 1.29 is 4.42 Å². The average molecular weight is 586 g/mol. The molecule has 212 valence electrons. The Balaban J connectivity index is 1.36. The minimum atomic E-state index is 0.629. The average Bonchev–Trinajstić information content (AvgIpc) is 3.76. The fourth-order valence-electron chi connectivity index (χ4n) is 7.73. The number of para-hydroxylation sites is 1. The number of furan rings is 1. The molecular weight excluding hydrogens is 562 g/mol. The maximum absolute atomic E-state index is 6.45. The zero-order valence-corrected chi connectivity index (χ0v) is 24.5. The van der Waals surface area contributed by atoms with E-state index in [9.17, 15) is 0 Å². The molecule has 0 saturated heterocycles. The Kier molecular flexibility index (Phi) is 4.55. The second kappa shape index (κ2) is 8.68. The third kappa shape index (κ3) is 3.07. The summed E-state index contributed by atoms with van der Waals surface area (Å²) in [5, 5.41) is 8.23. The van der Waals surface area contributed by atoms with Crippen LogP contribution in [-0.2, 0) is 0 Å². The quantitative estimate of drug-likeness (QED) is 0.203. The lowest BCUT2D eigenvalue weighted by Crippen LogP contribution is -2.03. The smallest absolute Gasteiger partial charge is 0.236 e. The van der Waals surface area contributed by atoms with Crippen LogP contribution >= 0.6 is 0 Å². The Hall–Kier alpha value is -6.26. The highest BCUT2D eigenvalue weighted by atomic mass is 16.3. The molecule has 0 fully saturated rings. The normalized spacial score (nSPS) is 12.3. The number of benzene rings is 7. The first kappa shape index (κ1) is 24.1. The molecule has 0 saturated carbocycles. The molecule has 0 unspecified atom stereocenters. The van der Waals surface area contributed by atoms with Gasteiger partial charge in [0.2, 0.25) is 5.95 Å². The highest BCUT2D eigenvalue weighted by Gasteiger charge is 2.27. The van der Waals surface area contributed by atoms with Crippen molar-refractivity contribution in [2.24, 2.45) is 0 Å². The fraction of sp³-hybridized carbons (Fsp3) is 0. The topological polar surface area (TPSA) is 43.9 Å². The van der Waals surface area contributed by atoms with Crippen molar-refractivity contribution in [1.29, 1.82) is 0 Å². The van der Waals surface area contributed by atoms with E-state index in [2.05, 4.69) is 108 Å². The van der Waals surface area contributed by atoms with Crippen molar-refractivity contribution in [2.75, 3.05) is 0 Å². The van der Waals surface area contributed by atoms with E-state index >= 15 is 0 Å². The molecule has 0 aliphatic heterocycles. The van der Waals surface area contributed by atoms with Crippen LogP contribution in [0.1, 0.15) is 0 Å². The van der Waals surface area contributed by atoms with Gasteiger partial charge in [0.25, 0.3) is 0 Å². The zero-order chi connectivity index (χ0) is 29.9. The van der Waals surface area contributed by atoms with E-state index in [-0.39, 0.29) is 0 Å². The van der Waals surface area contributed by atoms with Crippen LogP contribution in [0.15, 0.2) is 144 Å². The predicted octanol–water partition coefficient (Wildman–Crippen LogP) is 11.1. The van der Waals surface area contributed by atoms with E-state index < -0.39 is 0 Å². The van der Waals surface area contributed by atoms with Gasteiger partial charge in [-0.15, -0.1) is 0 Å². The van der Waals surface area contributed by atoms with E-state index in [1.54, 1.807) is 0 Å². The van der Waals surface area contributed by atoms with Crippen LogP contribution in [0.25, 0.3) is 105 Å². The van der Waals surface area contributed by atoms with Crippen molar-refractivity contribution in [3.63, 3.8) is 0 Å². The summed E-state index contributed by atoms with van der Waals surface area (Å²) in [4.78, 5) is 10.7. The number of rotatable bonds is 2. The second-order valence-electron chi connectivity index (χ2n) is 12.2. The Morgan fingerprint density at radius 1 is 0.500 bits per heavy atom. The highest BCUT2D eigenvalue weighted by molar-refractivity contribution is 6.28. The number of fused-ring (bicyclic) bond motifs is 11. The van der Waals surface area contributed by atoms with Gasteiger partial charge >= 0.3 is 0 Å². The molecule has 4 heteroatoms. The molecule has 4 nitrogen and oxygen atoms in total. The van der Waals surface area contributed by atoms with Crippen LogP contribution in [0.2, 0.25) is 0 Å². The summed E-state index contributed by atoms with van der Waals surface area (Å²) < 4.78 is 8.74. The Morgan fingerprint density at radius 3 is 2.07 bits per heavy atom. The second-order valence-corrected chi connectivity index (χ2v) is 12.2. The molecule has 0 bridgehead atoms. The predicted molar refractivity (Wildman–Crippen MR) is 189 cm³/mol.